The fourth-order valence-corrected chi connectivity index (χ4v) is 3.25. The van der Waals surface area contributed by atoms with Gasteiger partial charge in [0.05, 0.1) is 0 Å². The van der Waals surface area contributed by atoms with Crippen LogP contribution in [0, 0.1) is 0 Å². The summed E-state index contributed by atoms with van der Waals surface area (Å²) in [5, 5.41) is 10.3. The second-order valence-electron chi connectivity index (χ2n) is 4.07. The first-order valence-corrected chi connectivity index (χ1v) is 7.91. The number of carboxylic acids is 1. The van der Waals surface area contributed by atoms with E-state index in [1.807, 2.05) is 0 Å². The summed E-state index contributed by atoms with van der Waals surface area (Å²) in [6.07, 6.45) is 2.46. The monoisotopic (exact) mass is 304 g/mol. The van der Waals surface area contributed by atoms with Gasteiger partial charge in [0.2, 0.25) is 0 Å². The van der Waals surface area contributed by atoms with Crippen molar-refractivity contribution in [2.75, 3.05) is 0 Å². The van der Waals surface area contributed by atoms with Crippen LogP contribution in [0.2, 0.25) is 0 Å². The molecule has 0 aliphatic carbocycles. The zero-order chi connectivity index (χ0) is 14.5. The number of aliphatic carboxylic acids is 1. The Balaban J connectivity index is 2.69. The van der Waals surface area contributed by atoms with Crippen LogP contribution in [-0.2, 0) is 21.5 Å². The number of hydrogen-bond acceptors (Lipinski definition) is 4. The van der Waals surface area contributed by atoms with E-state index in [0.717, 1.165) is 11.0 Å². The van der Waals surface area contributed by atoms with Crippen LogP contribution >= 0.6 is 11.3 Å². The van der Waals surface area contributed by atoms with Gasteiger partial charge in [-0.3, -0.25) is 0 Å². The van der Waals surface area contributed by atoms with Gasteiger partial charge in [0.1, 0.15) is 0 Å². The first-order valence-electron chi connectivity index (χ1n) is 5.54. The van der Waals surface area contributed by atoms with Crippen molar-refractivity contribution in [2.24, 2.45) is 0 Å². The van der Waals surface area contributed by atoms with Gasteiger partial charge in [-0.2, -0.15) is 17.9 Å². The lowest BCUT2D eigenvalue weighted by atomic mass is 10.2. The molecular weight excluding hydrogens is 288 g/mol. The number of carboxylic acid groups (broad SMARTS) is 1. The highest BCUT2D eigenvalue weighted by Crippen LogP contribution is 2.18. The van der Waals surface area contributed by atoms with Gasteiger partial charge in [-0.15, -0.1) is 11.3 Å². The molecule has 0 aliphatic rings. The SMILES string of the molecule is CC(C)NS(=O)(=O)NCc1sccc1/C=C/C(=O)O. The Hall–Kier alpha value is -1.22. The van der Waals surface area contributed by atoms with E-state index in [1.54, 1.807) is 25.3 Å². The van der Waals surface area contributed by atoms with E-state index < -0.39 is 16.2 Å². The molecule has 1 heterocycles. The molecule has 0 radical (unpaired) electrons. The zero-order valence-corrected chi connectivity index (χ0v) is 12.2. The van der Waals surface area contributed by atoms with Gasteiger partial charge in [-0.05, 0) is 36.9 Å². The summed E-state index contributed by atoms with van der Waals surface area (Å²) in [5.41, 5.74) is 0.694. The Morgan fingerprint density at radius 2 is 2.21 bits per heavy atom. The first-order chi connectivity index (χ1) is 8.80. The van der Waals surface area contributed by atoms with Crippen molar-refractivity contribution < 1.29 is 18.3 Å². The highest BCUT2D eigenvalue weighted by atomic mass is 32.2. The molecule has 106 valence electrons. The third-order valence-electron chi connectivity index (χ3n) is 2.00. The maximum atomic E-state index is 11.6. The number of hydrogen-bond donors (Lipinski definition) is 3. The summed E-state index contributed by atoms with van der Waals surface area (Å²) in [5.74, 6) is -1.04. The lowest BCUT2D eigenvalue weighted by Gasteiger charge is -2.10. The molecule has 0 atom stereocenters. The van der Waals surface area contributed by atoms with Crippen molar-refractivity contribution in [3.05, 3.63) is 28.0 Å². The Labute approximate surface area is 116 Å². The maximum absolute atomic E-state index is 11.6. The van der Waals surface area contributed by atoms with E-state index in [4.69, 9.17) is 5.11 Å². The molecule has 0 saturated carbocycles. The van der Waals surface area contributed by atoms with Crippen LogP contribution in [0.4, 0.5) is 0 Å². The molecule has 0 bridgehead atoms. The van der Waals surface area contributed by atoms with Crippen molar-refractivity contribution in [3.8, 4) is 0 Å². The smallest absolute Gasteiger partial charge is 0.328 e. The van der Waals surface area contributed by atoms with Gasteiger partial charge in [0, 0.05) is 23.5 Å². The first kappa shape index (κ1) is 15.8. The lowest BCUT2D eigenvalue weighted by molar-refractivity contribution is -0.131. The van der Waals surface area contributed by atoms with E-state index >= 15 is 0 Å². The summed E-state index contributed by atoms with van der Waals surface area (Å²) in [4.78, 5) is 11.2. The van der Waals surface area contributed by atoms with Gasteiger partial charge in [0.25, 0.3) is 10.2 Å². The average Bonchev–Trinajstić information content (AvgIpc) is 2.69. The molecule has 0 amide bonds. The molecular formula is C11H16N2O4S2. The lowest BCUT2D eigenvalue weighted by Crippen LogP contribution is -2.39. The molecule has 0 aliphatic heterocycles. The van der Waals surface area contributed by atoms with Crippen molar-refractivity contribution >= 4 is 33.6 Å². The minimum Gasteiger partial charge on any atom is -0.478 e. The molecule has 0 aromatic carbocycles. The molecule has 6 nitrogen and oxygen atoms in total. The third-order valence-corrected chi connectivity index (χ3v) is 4.24. The van der Waals surface area contributed by atoms with E-state index in [0.29, 0.717) is 5.56 Å². The van der Waals surface area contributed by atoms with Crippen LogP contribution in [0.5, 0.6) is 0 Å². The highest BCUT2D eigenvalue weighted by Gasteiger charge is 2.12. The second-order valence-corrected chi connectivity index (χ2v) is 6.60. The van der Waals surface area contributed by atoms with Crippen LogP contribution in [0.1, 0.15) is 24.3 Å². The van der Waals surface area contributed by atoms with Crippen molar-refractivity contribution in [2.45, 2.75) is 26.4 Å². The second kappa shape index (κ2) is 6.80. The molecule has 0 spiro atoms. The Kier molecular flexibility index (Phi) is 5.67. The predicted octanol–water partition coefficient (Wildman–Crippen LogP) is 1.18. The molecule has 1 aromatic rings. The predicted molar refractivity (Wildman–Crippen MR) is 75.0 cm³/mol. The number of rotatable bonds is 7. The number of carbonyl (C=O) groups is 1. The quantitative estimate of drug-likeness (QED) is 0.659. The molecule has 1 rings (SSSR count). The Morgan fingerprint density at radius 1 is 1.53 bits per heavy atom. The Bertz CT molecular complexity index is 561. The fraction of sp³-hybridized carbons (Fsp3) is 0.364. The maximum Gasteiger partial charge on any atom is 0.328 e. The molecule has 0 fully saturated rings. The fourth-order valence-electron chi connectivity index (χ4n) is 1.32. The van der Waals surface area contributed by atoms with Gasteiger partial charge in [-0.25, -0.2) is 4.79 Å². The van der Waals surface area contributed by atoms with Gasteiger partial charge in [0.15, 0.2) is 0 Å². The van der Waals surface area contributed by atoms with Crippen LogP contribution in [0.15, 0.2) is 17.5 Å². The molecule has 0 saturated heterocycles. The molecule has 1 aromatic heterocycles. The van der Waals surface area contributed by atoms with Crippen LogP contribution < -0.4 is 9.44 Å². The van der Waals surface area contributed by atoms with Gasteiger partial charge in [-0.1, -0.05) is 0 Å². The van der Waals surface area contributed by atoms with Crippen LogP contribution in [-0.4, -0.2) is 25.5 Å². The summed E-state index contributed by atoms with van der Waals surface area (Å²) < 4.78 is 28.0. The topological polar surface area (TPSA) is 95.5 Å². The van der Waals surface area contributed by atoms with E-state index in [1.165, 1.54) is 17.4 Å². The number of thiophene rings is 1. The third kappa shape index (κ3) is 5.97. The summed E-state index contributed by atoms with van der Waals surface area (Å²) in [6.45, 7) is 3.58. The summed E-state index contributed by atoms with van der Waals surface area (Å²) in [6, 6.07) is 1.55. The molecule has 3 N–H and O–H groups in total. The normalized spacial score (nSPS) is 12.4. The van der Waals surface area contributed by atoms with Crippen molar-refractivity contribution in [1.82, 2.24) is 9.44 Å². The minimum absolute atomic E-state index is 0.124. The molecule has 19 heavy (non-hydrogen) atoms. The molecule has 0 unspecified atom stereocenters. The average molecular weight is 304 g/mol. The highest BCUT2D eigenvalue weighted by molar-refractivity contribution is 7.87. The molecule has 8 heteroatoms. The number of nitrogens with one attached hydrogen (secondary N) is 2. The summed E-state index contributed by atoms with van der Waals surface area (Å²) >= 11 is 1.36. The minimum atomic E-state index is -3.54. The summed E-state index contributed by atoms with van der Waals surface area (Å²) in [7, 11) is -3.54. The van der Waals surface area contributed by atoms with E-state index in [-0.39, 0.29) is 12.6 Å². The van der Waals surface area contributed by atoms with Crippen LogP contribution in [0.25, 0.3) is 6.08 Å². The van der Waals surface area contributed by atoms with E-state index in [2.05, 4.69) is 9.44 Å². The standard InChI is InChI=1S/C11H16N2O4S2/c1-8(2)13-19(16,17)12-7-10-9(5-6-18-10)3-4-11(14)15/h3-6,8,12-13H,7H2,1-2H3,(H,14,15)/b4-3+. The van der Waals surface area contributed by atoms with Gasteiger partial charge >= 0.3 is 5.97 Å². The zero-order valence-electron chi connectivity index (χ0n) is 10.6. The van der Waals surface area contributed by atoms with Gasteiger partial charge < -0.3 is 5.11 Å². The Morgan fingerprint density at radius 3 is 2.79 bits per heavy atom. The van der Waals surface area contributed by atoms with Crippen molar-refractivity contribution in [3.63, 3.8) is 0 Å². The largest absolute Gasteiger partial charge is 0.478 e. The van der Waals surface area contributed by atoms with Crippen LogP contribution in [0.3, 0.4) is 0 Å². The van der Waals surface area contributed by atoms with E-state index in [9.17, 15) is 13.2 Å². The van der Waals surface area contributed by atoms with Crippen molar-refractivity contribution in [1.29, 1.82) is 0 Å².